The van der Waals surface area contributed by atoms with E-state index in [2.05, 4.69) is 27.7 Å². The van der Waals surface area contributed by atoms with E-state index in [9.17, 15) is 4.79 Å². The van der Waals surface area contributed by atoms with E-state index in [1.165, 1.54) is 0 Å². The number of anilines is 1. The van der Waals surface area contributed by atoms with Crippen LogP contribution in [0.3, 0.4) is 0 Å². The molecule has 1 atom stereocenters. The van der Waals surface area contributed by atoms with Crippen LogP contribution in [0.25, 0.3) is 0 Å². The first-order valence-electron chi connectivity index (χ1n) is 6.27. The van der Waals surface area contributed by atoms with Crippen molar-refractivity contribution in [1.82, 2.24) is 0 Å². The molecule has 1 aromatic rings. The molecule has 0 fully saturated rings. The van der Waals surface area contributed by atoms with Gasteiger partial charge in [0, 0.05) is 12.0 Å². The third-order valence-electron chi connectivity index (χ3n) is 2.82. The van der Waals surface area contributed by atoms with Gasteiger partial charge in [-0.3, -0.25) is 4.79 Å². The summed E-state index contributed by atoms with van der Waals surface area (Å²) in [5.41, 5.74) is 7.04. The van der Waals surface area contributed by atoms with Crippen LogP contribution in [0.2, 0.25) is 5.02 Å². The van der Waals surface area contributed by atoms with Crippen molar-refractivity contribution < 1.29 is 4.79 Å². The van der Waals surface area contributed by atoms with Crippen LogP contribution in [0.15, 0.2) is 18.2 Å². The van der Waals surface area contributed by atoms with Crippen molar-refractivity contribution in [3.05, 3.63) is 28.8 Å². The molecule has 0 spiro atoms. The second-order valence-electron chi connectivity index (χ2n) is 6.23. The smallest absolute Gasteiger partial charge is 0.163 e. The lowest BCUT2D eigenvalue weighted by Gasteiger charge is -2.22. The molecule has 0 saturated heterocycles. The first-order valence-corrected chi connectivity index (χ1v) is 6.65. The van der Waals surface area contributed by atoms with Gasteiger partial charge in [-0.25, -0.2) is 0 Å². The molecule has 0 heterocycles. The predicted molar refractivity (Wildman–Crippen MR) is 78.0 cm³/mol. The fourth-order valence-corrected chi connectivity index (χ4v) is 2.43. The number of carbonyl (C=O) groups excluding carboxylic acids is 1. The van der Waals surface area contributed by atoms with Crippen molar-refractivity contribution in [1.29, 1.82) is 0 Å². The molecule has 0 aliphatic carbocycles. The van der Waals surface area contributed by atoms with Gasteiger partial charge in [0.2, 0.25) is 0 Å². The van der Waals surface area contributed by atoms with Gasteiger partial charge in [0.25, 0.3) is 0 Å². The molecule has 0 aliphatic rings. The number of Topliss-reactive ketones (excluding diaryl/α,β-unsaturated/α-hetero) is 1. The zero-order valence-corrected chi connectivity index (χ0v) is 12.3. The van der Waals surface area contributed by atoms with Crippen LogP contribution < -0.4 is 5.73 Å². The fraction of sp³-hybridized carbons (Fsp3) is 0.533. The zero-order valence-electron chi connectivity index (χ0n) is 11.6. The molecule has 2 nitrogen and oxygen atoms in total. The van der Waals surface area contributed by atoms with Crippen LogP contribution >= 0.6 is 11.6 Å². The van der Waals surface area contributed by atoms with E-state index in [0.717, 1.165) is 6.42 Å². The van der Waals surface area contributed by atoms with Crippen molar-refractivity contribution in [2.75, 3.05) is 5.73 Å². The number of hydrogen-bond donors (Lipinski definition) is 1. The van der Waals surface area contributed by atoms with Crippen molar-refractivity contribution in [2.45, 2.75) is 40.5 Å². The van der Waals surface area contributed by atoms with E-state index in [1.54, 1.807) is 18.2 Å². The van der Waals surface area contributed by atoms with Crippen LogP contribution in [0.5, 0.6) is 0 Å². The summed E-state index contributed by atoms with van der Waals surface area (Å²) in [4.78, 5) is 12.1. The average Bonchev–Trinajstić information content (AvgIpc) is 2.18. The Labute approximate surface area is 115 Å². The summed E-state index contributed by atoms with van der Waals surface area (Å²) in [6.45, 7) is 8.68. The highest BCUT2D eigenvalue weighted by molar-refractivity contribution is 6.33. The Hall–Kier alpha value is -1.02. The van der Waals surface area contributed by atoms with E-state index >= 15 is 0 Å². The van der Waals surface area contributed by atoms with Gasteiger partial charge in [0.1, 0.15) is 0 Å². The highest BCUT2D eigenvalue weighted by atomic mass is 35.5. The molecule has 100 valence electrons. The van der Waals surface area contributed by atoms with Gasteiger partial charge >= 0.3 is 0 Å². The standard InChI is InChI=1S/C15H22ClNO/c1-10(9-15(2,3)4)7-14(18)11-5-6-13(17)12(16)8-11/h5-6,8,10H,7,9,17H2,1-4H3. The molecule has 3 heteroatoms. The number of benzene rings is 1. The SMILES string of the molecule is CC(CC(=O)c1ccc(N)c(Cl)c1)CC(C)(C)C. The van der Waals surface area contributed by atoms with E-state index in [4.69, 9.17) is 17.3 Å². The molecule has 1 rings (SSSR count). The third kappa shape index (κ3) is 4.69. The molecule has 0 aromatic heterocycles. The monoisotopic (exact) mass is 267 g/mol. The molecule has 0 aliphatic heterocycles. The minimum atomic E-state index is 0.133. The lowest BCUT2D eigenvalue weighted by Crippen LogP contribution is -2.14. The lowest BCUT2D eigenvalue weighted by molar-refractivity contribution is 0.0954. The Morgan fingerprint density at radius 3 is 2.50 bits per heavy atom. The van der Waals surface area contributed by atoms with Crippen molar-refractivity contribution >= 4 is 23.1 Å². The van der Waals surface area contributed by atoms with Crippen LogP contribution in [0, 0.1) is 11.3 Å². The van der Waals surface area contributed by atoms with Crippen LogP contribution in [-0.2, 0) is 0 Å². The Morgan fingerprint density at radius 2 is 2.00 bits per heavy atom. The van der Waals surface area contributed by atoms with E-state index in [0.29, 0.717) is 28.6 Å². The number of nitrogen functional groups attached to an aromatic ring is 1. The molecule has 18 heavy (non-hydrogen) atoms. The maximum absolute atomic E-state index is 12.1. The summed E-state index contributed by atoms with van der Waals surface area (Å²) in [5.74, 6) is 0.502. The normalized spacial score (nSPS) is 13.4. The van der Waals surface area contributed by atoms with Crippen LogP contribution in [0.1, 0.15) is 50.9 Å². The number of nitrogens with two attached hydrogens (primary N) is 1. The predicted octanol–water partition coefficient (Wildman–Crippen LogP) is 4.57. The Bertz CT molecular complexity index is 435. The van der Waals surface area contributed by atoms with Gasteiger partial charge in [-0.2, -0.15) is 0 Å². The number of carbonyl (C=O) groups is 1. The van der Waals surface area contributed by atoms with Crippen molar-refractivity contribution in [3.63, 3.8) is 0 Å². The molecular weight excluding hydrogens is 246 g/mol. The molecule has 2 N–H and O–H groups in total. The topological polar surface area (TPSA) is 43.1 Å². The molecule has 0 saturated carbocycles. The second kappa shape index (κ2) is 5.75. The molecule has 0 amide bonds. The second-order valence-corrected chi connectivity index (χ2v) is 6.64. The minimum Gasteiger partial charge on any atom is -0.398 e. The highest BCUT2D eigenvalue weighted by Crippen LogP contribution is 2.27. The van der Waals surface area contributed by atoms with Gasteiger partial charge in [-0.05, 0) is 36.0 Å². The third-order valence-corrected chi connectivity index (χ3v) is 3.14. The number of rotatable bonds is 4. The molecular formula is C15H22ClNO. The Morgan fingerprint density at radius 1 is 1.39 bits per heavy atom. The highest BCUT2D eigenvalue weighted by Gasteiger charge is 2.18. The molecule has 0 radical (unpaired) electrons. The first kappa shape index (κ1) is 15.0. The van der Waals surface area contributed by atoms with Gasteiger partial charge in [-0.15, -0.1) is 0 Å². The maximum atomic E-state index is 12.1. The fourth-order valence-electron chi connectivity index (χ4n) is 2.25. The van der Waals surface area contributed by atoms with Crippen molar-refractivity contribution in [3.8, 4) is 0 Å². The summed E-state index contributed by atoms with van der Waals surface area (Å²) < 4.78 is 0. The summed E-state index contributed by atoms with van der Waals surface area (Å²) in [6.07, 6.45) is 1.58. The molecule has 1 aromatic carbocycles. The Balaban J connectivity index is 2.68. The van der Waals surface area contributed by atoms with E-state index in [1.807, 2.05) is 0 Å². The minimum absolute atomic E-state index is 0.133. The van der Waals surface area contributed by atoms with Crippen molar-refractivity contribution in [2.24, 2.45) is 11.3 Å². The Kier molecular flexibility index (Phi) is 4.80. The summed E-state index contributed by atoms with van der Waals surface area (Å²) in [5, 5.41) is 0.448. The maximum Gasteiger partial charge on any atom is 0.163 e. The summed E-state index contributed by atoms with van der Waals surface area (Å²) in [7, 11) is 0. The summed E-state index contributed by atoms with van der Waals surface area (Å²) in [6, 6.07) is 5.08. The van der Waals surface area contributed by atoms with Gasteiger partial charge < -0.3 is 5.73 Å². The molecule has 0 bridgehead atoms. The van der Waals surface area contributed by atoms with Gasteiger partial charge in [-0.1, -0.05) is 39.3 Å². The summed E-state index contributed by atoms with van der Waals surface area (Å²) >= 11 is 5.92. The number of halogens is 1. The largest absolute Gasteiger partial charge is 0.398 e. The van der Waals surface area contributed by atoms with Crippen LogP contribution in [-0.4, -0.2) is 5.78 Å². The number of ketones is 1. The van der Waals surface area contributed by atoms with E-state index in [-0.39, 0.29) is 11.2 Å². The van der Waals surface area contributed by atoms with Crippen LogP contribution in [0.4, 0.5) is 5.69 Å². The molecule has 1 unspecified atom stereocenters. The lowest BCUT2D eigenvalue weighted by atomic mass is 9.83. The zero-order chi connectivity index (χ0) is 13.9. The van der Waals surface area contributed by atoms with Gasteiger partial charge in [0.05, 0.1) is 10.7 Å². The average molecular weight is 268 g/mol. The van der Waals surface area contributed by atoms with E-state index < -0.39 is 0 Å². The first-order chi connectivity index (χ1) is 8.19. The van der Waals surface area contributed by atoms with Gasteiger partial charge in [0.15, 0.2) is 5.78 Å². The number of hydrogen-bond acceptors (Lipinski definition) is 2. The quantitative estimate of drug-likeness (QED) is 0.642.